The molecule has 2 aromatic heterocycles. The van der Waals surface area contributed by atoms with Crippen LogP contribution in [-0.2, 0) is 9.84 Å². The summed E-state index contributed by atoms with van der Waals surface area (Å²) in [7, 11) is -2.82. The molecular weight excluding hydrogens is 326 g/mol. The molecule has 8 heteroatoms. The van der Waals surface area contributed by atoms with E-state index < -0.39 is 9.84 Å². The van der Waals surface area contributed by atoms with Crippen molar-refractivity contribution in [2.75, 3.05) is 42.6 Å². The average Bonchev–Trinajstić information content (AvgIpc) is 3.08. The number of hydrogen-bond donors (Lipinski definition) is 0. The Labute approximate surface area is 142 Å². The zero-order chi connectivity index (χ0) is 16.9. The maximum absolute atomic E-state index is 11.7. The molecule has 0 amide bonds. The van der Waals surface area contributed by atoms with E-state index in [9.17, 15) is 8.42 Å². The smallest absolute Gasteiger partial charge is 0.157 e. The molecule has 7 nitrogen and oxygen atoms in total. The van der Waals surface area contributed by atoms with Crippen LogP contribution >= 0.6 is 0 Å². The second kappa shape index (κ2) is 5.70. The topological polar surface area (TPSA) is 70.8 Å². The lowest BCUT2D eigenvalue weighted by Crippen LogP contribution is -2.51. The highest BCUT2D eigenvalue weighted by Crippen LogP contribution is 2.23. The Bertz CT molecular complexity index is 868. The van der Waals surface area contributed by atoms with Gasteiger partial charge in [-0.1, -0.05) is 0 Å². The molecule has 0 N–H and O–H groups in total. The van der Waals surface area contributed by atoms with Crippen molar-refractivity contribution in [2.24, 2.45) is 0 Å². The minimum Gasteiger partial charge on any atom is -0.354 e. The van der Waals surface area contributed by atoms with Crippen molar-refractivity contribution in [1.82, 2.24) is 19.5 Å². The summed E-state index contributed by atoms with van der Waals surface area (Å²) in [5, 5.41) is 4.56. The van der Waals surface area contributed by atoms with Crippen LogP contribution in [-0.4, -0.2) is 71.6 Å². The molecule has 24 heavy (non-hydrogen) atoms. The standard InChI is InChI=1S/C16H23N5O2S/c1-12-10-16(21-15(17-12)9-13(2)18-21)20-6-4-19(5-7-20)14-3-8-24(22,23)11-14/h9-10,14H,3-8,11H2,1-2H3/t14-/m0/s1. The second-order valence-corrected chi connectivity index (χ2v) is 9.12. The normalized spacial score (nSPS) is 24.8. The average molecular weight is 349 g/mol. The summed E-state index contributed by atoms with van der Waals surface area (Å²) in [5.74, 6) is 1.74. The molecule has 2 aliphatic heterocycles. The van der Waals surface area contributed by atoms with Gasteiger partial charge in [-0.2, -0.15) is 9.61 Å². The molecule has 2 aliphatic rings. The van der Waals surface area contributed by atoms with Gasteiger partial charge in [-0.15, -0.1) is 0 Å². The van der Waals surface area contributed by atoms with Crippen molar-refractivity contribution in [2.45, 2.75) is 26.3 Å². The molecule has 2 aromatic rings. The number of anilines is 1. The molecule has 0 saturated carbocycles. The molecule has 4 heterocycles. The van der Waals surface area contributed by atoms with E-state index in [0.717, 1.165) is 55.5 Å². The fourth-order valence-corrected chi connectivity index (χ4v) is 5.56. The third-order valence-corrected chi connectivity index (χ3v) is 6.77. The Kier molecular flexibility index (Phi) is 3.76. The van der Waals surface area contributed by atoms with Crippen molar-refractivity contribution >= 4 is 21.3 Å². The van der Waals surface area contributed by atoms with Crippen LogP contribution < -0.4 is 4.90 Å². The van der Waals surface area contributed by atoms with Gasteiger partial charge in [0, 0.05) is 50.0 Å². The van der Waals surface area contributed by atoms with Gasteiger partial charge in [0.15, 0.2) is 15.5 Å². The zero-order valence-corrected chi connectivity index (χ0v) is 15.0. The van der Waals surface area contributed by atoms with E-state index in [0.29, 0.717) is 11.5 Å². The fraction of sp³-hybridized carbons (Fsp3) is 0.625. The van der Waals surface area contributed by atoms with Crippen molar-refractivity contribution in [3.05, 3.63) is 23.5 Å². The molecule has 0 spiro atoms. The monoisotopic (exact) mass is 349 g/mol. The van der Waals surface area contributed by atoms with E-state index in [1.165, 1.54) is 0 Å². The third-order valence-electron chi connectivity index (χ3n) is 5.02. The summed E-state index contributed by atoms with van der Waals surface area (Å²) >= 11 is 0. The van der Waals surface area contributed by atoms with Crippen molar-refractivity contribution in [3.8, 4) is 0 Å². The number of rotatable bonds is 2. The van der Waals surface area contributed by atoms with Crippen molar-refractivity contribution in [1.29, 1.82) is 0 Å². The number of aryl methyl sites for hydroxylation is 2. The number of fused-ring (bicyclic) bond motifs is 1. The maximum Gasteiger partial charge on any atom is 0.157 e. The van der Waals surface area contributed by atoms with Crippen LogP contribution in [0.15, 0.2) is 12.1 Å². The van der Waals surface area contributed by atoms with E-state index in [4.69, 9.17) is 0 Å². The van der Waals surface area contributed by atoms with Crippen LogP contribution in [0.3, 0.4) is 0 Å². The molecule has 1 atom stereocenters. The summed E-state index contributed by atoms with van der Waals surface area (Å²) in [6, 6.07) is 4.27. The Hall–Kier alpha value is -1.67. The summed E-state index contributed by atoms with van der Waals surface area (Å²) in [4.78, 5) is 9.20. The van der Waals surface area contributed by atoms with Gasteiger partial charge in [0.05, 0.1) is 17.2 Å². The van der Waals surface area contributed by atoms with E-state index in [1.807, 2.05) is 24.4 Å². The lowest BCUT2D eigenvalue weighted by Gasteiger charge is -2.38. The first-order chi connectivity index (χ1) is 11.4. The van der Waals surface area contributed by atoms with Crippen LogP contribution in [0.25, 0.3) is 5.65 Å². The molecular formula is C16H23N5O2S. The van der Waals surface area contributed by atoms with E-state index in [-0.39, 0.29) is 6.04 Å². The van der Waals surface area contributed by atoms with Gasteiger partial charge in [-0.25, -0.2) is 13.4 Å². The molecule has 0 aliphatic carbocycles. The number of nitrogens with zero attached hydrogens (tertiary/aromatic N) is 5. The van der Waals surface area contributed by atoms with Gasteiger partial charge in [-0.3, -0.25) is 4.90 Å². The Morgan fingerprint density at radius 2 is 1.83 bits per heavy atom. The van der Waals surface area contributed by atoms with Crippen molar-refractivity contribution < 1.29 is 8.42 Å². The molecule has 0 bridgehead atoms. The van der Waals surface area contributed by atoms with Gasteiger partial charge in [-0.05, 0) is 20.3 Å². The molecule has 130 valence electrons. The predicted molar refractivity (Wildman–Crippen MR) is 93.3 cm³/mol. The first kappa shape index (κ1) is 15.8. The van der Waals surface area contributed by atoms with Crippen LogP contribution in [0.4, 0.5) is 5.82 Å². The molecule has 0 unspecified atom stereocenters. The first-order valence-electron chi connectivity index (χ1n) is 8.45. The van der Waals surface area contributed by atoms with E-state index in [2.05, 4.69) is 25.9 Å². The van der Waals surface area contributed by atoms with Gasteiger partial charge in [0.1, 0.15) is 5.82 Å². The zero-order valence-electron chi connectivity index (χ0n) is 14.1. The second-order valence-electron chi connectivity index (χ2n) is 6.89. The number of sulfone groups is 1. The summed E-state index contributed by atoms with van der Waals surface area (Å²) in [5.41, 5.74) is 2.83. The Balaban J connectivity index is 1.52. The van der Waals surface area contributed by atoms with E-state index in [1.54, 1.807) is 0 Å². The van der Waals surface area contributed by atoms with E-state index >= 15 is 0 Å². The van der Waals surface area contributed by atoms with Gasteiger partial charge < -0.3 is 4.90 Å². The minimum atomic E-state index is -2.82. The van der Waals surface area contributed by atoms with Crippen LogP contribution in [0, 0.1) is 13.8 Å². The Morgan fingerprint density at radius 3 is 2.50 bits per heavy atom. The summed E-state index contributed by atoms with van der Waals surface area (Å²) in [6.45, 7) is 7.53. The van der Waals surface area contributed by atoms with Gasteiger partial charge >= 0.3 is 0 Å². The lowest BCUT2D eigenvalue weighted by molar-refractivity contribution is 0.200. The number of piperazine rings is 1. The quantitative estimate of drug-likeness (QED) is 0.793. The van der Waals surface area contributed by atoms with Crippen LogP contribution in [0.5, 0.6) is 0 Å². The summed E-state index contributed by atoms with van der Waals surface area (Å²) in [6.07, 6.45) is 0.777. The predicted octanol–water partition coefficient (Wildman–Crippen LogP) is 0.655. The summed E-state index contributed by atoms with van der Waals surface area (Å²) < 4.78 is 25.3. The maximum atomic E-state index is 11.7. The van der Waals surface area contributed by atoms with Crippen LogP contribution in [0.2, 0.25) is 0 Å². The molecule has 0 aromatic carbocycles. The van der Waals surface area contributed by atoms with Crippen molar-refractivity contribution in [3.63, 3.8) is 0 Å². The molecule has 2 saturated heterocycles. The third kappa shape index (κ3) is 2.88. The molecule has 0 radical (unpaired) electrons. The first-order valence-corrected chi connectivity index (χ1v) is 10.3. The fourth-order valence-electron chi connectivity index (χ4n) is 3.80. The highest BCUT2D eigenvalue weighted by molar-refractivity contribution is 7.91. The van der Waals surface area contributed by atoms with Gasteiger partial charge in [0.2, 0.25) is 0 Å². The highest BCUT2D eigenvalue weighted by atomic mass is 32.2. The minimum absolute atomic E-state index is 0.197. The lowest BCUT2D eigenvalue weighted by atomic mass is 10.2. The van der Waals surface area contributed by atoms with Crippen LogP contribution in [0.1, 0.15) is 17.8 Å². The SMILES string of the molecule is Cc1cc(N2CCN([C@H]3CCS(=O)(=O)C3)CC2)n2nc(C)cc2n1. The Morgan fingerprint density at radius 1 is 1.08 bits per heavy atom. The largest absolute Gasteiger partial charge is 0.354 e. The number of hydrogen-bond acceptors (Lipinski definition) is 6. The highest BCUT2D eigenvalue weighted by Gasteiger charge is 2.34. The van der Waals surface area contributed by atoms with Gasteiger partial charge in [0.25, 0.3) is 0 Å². The molecule has 4 rings (SSSR count). The number of aromatic nitrogens is 3. The molecule has 2 fully saturated rings.